The van der Waals surface area contributed by atoms with Crippen molar-refractivity contribution in [1.82, 2.24) is 0 Å². The molecule has 0 amide bonds. The normalized spacial score (nSPS) is 35.4. The summed E-state index contributed by atoms with van der Waals surface area (Å²) in [6.45, 7) is 0. The van der Waals surface area contributed by atoms with Crippen LogP contribution in [0.5, 0.6) is 0 Å². The molecule has 3 atom stereocenters. The van der Waals surface area contributed by atoms with E-state index in [0.29, 0.717) is 0 Å². The molecule has 4 fully saturated rings. The van der Waals surface area contributed by atoms with Crippen LogP contribution in [0.3, 0.4) is 0 Å². The number of quaternary nitrogens is 1. The van der Waals surface area contributed by atoms with E-state index in [0.717, 1.165) is 29.8 Å². The minimum absolute atomic E-state index is 0. The lowest BCUT2D eigenvalue weighted by Crippen LogP contribution is -3.00. The van der Waals surface area contributed by atoms with Crippen molar-refractivity contribution in [2.45, 2.75) is 108 Å². The summed E-state index contributed by atoms with van der Waals surface area (Å²) >= 11 is 0. The van der Waals surface area contributed by atoms with Crippen molar-refractivity contribution in [3.63, 3.8) is 0 Å². The highest BCUT2D eigenvalue weighted by atomic mass is 79.9. The Morgan fingerprint density at radius 3 is 1.58 bits per heavy atom. The van der Waals surface area contributed by atoms with Crippen molar-refractivity contribution < 1.29 is 21.5 Å². The van der Waals surface area contributed by atoms with Gasteiger partial charge in [0.1, 0.15) is 0 Å². The van der Waals surface area contributed by atoms with E-state index in [4.69, 9.17) is 0 Å². The van der Waals surface area contributed by atoms with Gasteiger partial charge in [-0.25, -0.2) is 0 Å². The van der Waals surface area contributed by atoms with E-state index in [-0.39, 0.29) is 17.0 Å². The van der Waals surface area contributed by atoms with Crippen LogP contribution < -0.4 is 17.0 Å². The zero-order chi connectivity index (χ0) is 17.3. The number of allylic oxidation sites excluding steroid dienone is 2. The molecule has 0 radical (unpaired) electrons. The fourth-order valence-corrected chi connectivity index (χ4v) is 7.01. The molecule has 4 aliphatic rings. The molecule has 0 unspecified atom stereocenters. The molecule has 1 nitrogen and oxygen atoms in total. The Morgan fingerprint density at radius 2 is 1.12 bits per heavy atom. The number of hydrogen-bond acceptors (Lipinski definition) is 0. The molecule has 0 aromatic heterocycles. The maximum Gasteiger partial charge on any atom is 0.0894 e. The molecule has 0 N–H and O–H groups in total. The molecule has 2 aliphatic carbocycles. The van der Waals surface area contributed by atoms with Gasteiger partial charge in [0, 0.05) is 12.8 Å². The van der Waals surface area contributed by atoms with E-state index in [2.05, 4.69) is 20.2 Å². The van der Waals surface area contributed by atoms with Crippen molar-refractivity contribution in [2.24, 2.45) is 17.8 Å². The number of piperidine rings is 2. The van der Waals surface area contributed by atoms with Gasteiger partial charge >= 0.3 is 0 Å². The fourth-order valence-electron chi connectivity index (χ4n) is 7.01. The van der Waals surface area contributed by atoms with Gasteiger partial charge in [-0.1, -0.05) is 50.2 Å². The summed E-state index contributed by atoms with van der Waals surface area (Å²) in [5.41, 5.74) is 1.97. The van der Waals surface area contributed by atoms with Crippen LogP contribution in [0.15, 0.2) is 11.6 Å². The Kier molecular flexibility index (Phi) is 7.33. The van der Waals surface area contributed by atoms with Crippen LogP contribution in [-0.2, 0) is 0 Å². The average molecular weight is 425 g/mol. The number of fused-ring (bicyclic) bond motifs is 2. The fraction of sp³-hybridized carbons (Fsp3) is 0.917. The van der Waals surface area contributed by atoms with Crippen LogP contribution in [0.2, 0.25) is 0 Å². The lowest BCUT2D eigenvalue weighted by molar-refractivity contribution is -0.950. The quantitative estimate of drug-likeness (QED) is 0.481. The first-order chi connectivity index (χ1) is 12.1. The second-order valence-electron chi connectivity index (χ2n) is 10.4. The summed E-state index contributed by atoms with van der Waals surface area (Å²) in [5.74, 6) is 2.82. The summed E-state index contributed by atoms with van der Waals surface area (Å²) in [4.78, 5) is 0. The van der Waals surface area contributed by atoms with Gasteiger partial charge in [0.25, 0.3) is 0 Å². The standard InChI is InChI=1S/C24H42N.BrH/c1-25(2)22-14-9-15-23(25)17-19(16-22)18-24(20-10-5-3-6-11-20)21-12-7-4-8-13-21;/h18-23H,3-17H2,1-2H3;1H/q+1;/p-1/t19-,22+,23-;. The molecule has 0 aromatic rings. The van der Waals surface area contributed by atoms with Gasteiger partial charge in [0.05, 0.1) is 26.2 Å². The Labute approximate surface area is 173 Å². The predicted molar refractivity (Wildman–Crippen MR) is 107 cm³/mol. The maximum absolute atomic E-state index is 2.90. The molecule has 2 aliphatic heterocycles. The Balaban J connectivity index is 0.00000196. The van der Waals surface area contributed by atoms with Gasteiger partial charge < -0.3 is 21.5 Å². The Hall–Kier alpha value is 0.180. The minimum atomic E-state index is 0. The Morgan fingerprint density at radius 1 is 0.654 bits per heavy atom. The number of nitrogens with zero attached hydrogens (tertiary/aromatic N) is 1. The largest absolute Gasteiger partial charge is 1.00 e. The van der Waals surface area contributed by atoms with Crippen LogP contribution in [0.25, 0.3) is 0 Å². The van der Waals surface area contributed by atoms with Gasteiger partial charge in [0.2, 0.25) is 0 Å². The summed E-state index contributed by atoms with van der Waals surface area (Å²) in [7, 11) is 5.05. The topological polar surface area (TPSA) is 0 Å². The van der Waals surface area contributed by atoms with E-state index >= 15 is 0 Å². The Bertz CT molecular complexity index is 435. The van der Waals surface area contributed by atoms with Crippen LogP contribution in [0, 0.1) is 17.8 Å². The first-order valence-corrected chi connectivity index (χ1v) is 11.7. The highest BCUT2D eigenvalue weighted by molar-refractivity contribution is 5.15. The van der Waals surface area contributed by atoms with Gasteiger partial charge in [-0.2, -0.15) is 0 Å². The lowest BCUT2D eigenvalue weighted by Gasteiger charge is -2.53. The lowest BCUT2D eigenvalue weighted by atomic mass is 9.70. The zero-order valence-electron chi connectivity index (χ0n) is 17.4. The number of rotatable bonds is 3. The van der Waals surface area contributed by atoms with Crippen molar-refractivity contribution in [3.05, 3.63) is 11.6 Å². The van der Waals surface area contributed by atoms with Crippen molar-refractivity contribution in [2.75, 3.05) is 14.1 Å². The molecule has 2 heteroatoms. The molecule has 2 bridgehead atoms. The summed E-state index contributed by atoms with van der Waals surface area (Å²) in [5, 5.41) is 0. The van der Waals surface area contributed by atoms with E-state index in [9.17, 15) is 0 Å². The third kappa shape index (κ3) is 4.43. The average Bonchev–Trinajstić information content (AvgIpc) is 2.61. The third-order valence-corrected chi connectivity index (χ3v) is 8.69. The molecule has 2 heterocycles. The van der Waals surface area contributed by atoms with E-state index in [1.165, 1.54) is 101 Å². The molecule has 150 valence electrons. The predicted octanol–water partition coefficient (Wildman–Crippen LogP) is 3.48. The summed E-state index contributed by atoms with van der Waals surface area (Å²) in [6.07, 6.45) is 25.3. The first kappa shape index (κ1) is 20.9. The van der Waals surface area contributed by atoms with Gasteiger partial charge in [-0.3, -0.25) is 0 Å². The van der Waals surface area contributed by atoms with Crippen LogP contribution in [0.1, 0.15) is 96.3 Å². The molecule has 26 heavy (non-hydrogen) atoms. The van der Waals surface area contributed by atoms with Crippen molar-refractivity contribution >= 4 is 0 Å². The molecule has 2 saturated heterocycles. The molecule has 2 saturated carbocycles. The number of hydrogen-bond donors (Lipinski definition) is 0. The zero-order valence-corrected chi connectivity index (χ0v) is 19.0. The highest BCUT2D eigenvalue weighted by Crippen LogP contribution is 2.44. The van der Waals surface area contributed by atoms with Crippen molar-refractivity contribution in [3.8, 4) is 0 Å². The minimum Gasteiger partial charge on any atom is -1.00 e. The van der Waals surface area contributed by atoms with E-state index in [1.54, 1.807) is 0 Å². The monoisotopic (exact) mass is 423 g/mol. The van der Waals surface area contributed by atoms with E-state index < -0.39 is 0 Å². The second-order valence-corrected chi connectivity index (χ2v) is 10.4. The van der Waals surface area contributed by atoms with Gasteiger partial charge in [-0.05, 0) is 62.7 Å². The summed E-state index contributed by atoms with van der Waals surface area (Å²) < 4.78 is 1.33. The van der Waals surface area contributed by atoms with E-state index in [1.807, 2.05) is 5.57 Å². The highest BCUT2D eigenvalue weighted by Gasteiger charge is 2.45. The van der Waals surface area contributed by atoms with Crippen LogP contribution >= 0.6 is 0 Å². The second kappa shape index (κ2) is 9.12. The maximum atomic E-state index is 2.90. The SMILES string of the molecule is C[N+]1(C)[C@@H]2CCC[C@H]1C[C@@H](C=C(C1CCCCC1)C1CCCCC1)C2.[Br-]. The molecular formula is C24H42BrN. The smallest absolute Gasteiger partial charge is 0.0894 e. The van der Waals surface area contributed by atoms with Crippen molar-refractivity contribution in [1.29, 1.82) is 0 Å². The first-order valence-electron chi connectivity index (χ1n) is 11.7. The molecule has 0 spiro atoms. The van der Waals surface area contributed by atoms with Crippen LogP contribution in [-0.4, -0.2) is 30.7 Å². The third-order valence-electron chi connectivity index (χ3n) is 8.69. The van der Waals surface area contributed by atoms with Gasteiger partial charge in [0.15, 0.2) is 0 Å². The molecular weight excluding hydrogens is 382 g/mol. The summed E-state index contributed by atoms with van der Waals surface area (Å²) in [6, 6.07) is 1.88. The molecule has 0 aromatic carbocycles. The van der Waals surface area contributed by atoms with Gasteiger partial charge in [-0.15, -0.1) is 0 Å². The number of halogens is 1. The van der Waals surface area contributed by atoms with Crippen LogP contribution in [0.4, 0.5) is 0 Å². The molecule has 4 rings (SSSR count).